The van der Waals surface area contributed by atoms with Crippen LogP contribution in [0.15, 0.2) is 4.99 Å². The fourth-order valence-corrected chi connectivity index (χ4v) is 1.87. The molecule has 1 rings (SSSR count). The summed E-state index contributed by atoms with van der Waals surface area (Å²) in [6, 6.07) is 0. The number of rotatable bonds is 5. The summed E-state index contributed by atoms with van der Waals surface area (Å²) in [6.07, 6.45) is 2.41. The number of hydrogen-bond acceptors (Lipinski definition) is 4. The van der Waals surface area contributed by atoms with Gasteiger partial charge in [0, 0.05) is 19.7 Å². The number of carbonyl (C=O) groups excluding carboxylic acids is 1. The van der Waals surface area contributed by atoms with Crippen LogP contribution in [0.5, 0.6) is 0 Å². The molecule has 1 atom stereocenters. The predicted octanol–water partition coefficient (Wildman–Crippen LogP) is 1.68. The normalized spacial score (nSPS) is 18.9. The summed E-state index contributed by atoms with van der Waals surface area (Å²) in [5.74, 6) is 0.292. The predicted molar refractivity (Wildman–Crippen MR) is 94.2 cm³/mol. The fourth-order valence-electron chi connectivity index (χ4n) is 1.87. The lowest BCUT2D eigenvalue weighted by molar-refractivity contribution is -0.152. The molecule has 0 amide bonds. The van der Waals surface area contributed by atoms with E-state index in [2.05, 4.69) is 15.6 Å². The van der Waals surface area contributed by atoms with Crippen LogP contribution in [-0.4, -0.2) is 49.9 Å². The molecular formula is C14H28IN3O3. The molecule has 21 heavy (non-hydrogen) atoms. The van der Waals surface area contributed by atoms with Crippen molar-refractivity contribution < 1.29 is 14.3 Å². The average Bonchev–Trinajstić information content (AvgIpc) is 2.83. The first kappa shape index (κ1) is 20.4. The molecule has 124 valence electrons. The van der Waals surface area contributed by atoms with Gasteiger partial charge < -0.3 is 20.1 Å². The molecule has 1 saturated heterocycles. The second-order valence-corrected chi connectivity index (χ2v) is 5.80. The number of hydrogen-bond donors (Lipinski definition) is 2. The highest BCUT2D eigenvalue weighted by Crippen LogP contribution is 2.10. The standard InChI is InChI=1S/C14H27N3O3.HI/c1-5-15-13(16-9-11-7-6-8-19-11)17-10-12(18)20-14(2,3)4;/h11H,5-10H2,1-4H3,(H2,15,16,17);1H. The fraction of sp³-hybridized carbons (Fsp3) is 0.857. The number of ether oxygens (including phenoxy) is 2. The van der Waals surface area contributed by atoms with E-state index >= 15 is 0 Å². The van der Waals surface area contributed by atoms with Crippen molar-refractivity contribution in [2.45, 2.75) is 52.2 Å². The van der Waals surface area contributed by atoms with Crippen LogP contribution in [0.2, 0.25) is 0 Å². The number of nitrogens with zero attached hydrogens (tertiary/aromatic N) is 1. The third kappa shape index (κ3) is 9.89. The molecule has 1 aliphatic heterocycles. The van der Waals surface area contributed by atoms with Crippen LogP contribution >= 0.6 is 24.0 Å². The van der Waals surface area contributed by atoms with Gasteiger partial charge in [-0.2, -0.15) is 0 Å². The molecule has 1 unspecified atom stereocenters. The third-order valence-electron chi connectivity index (χ3n) is 2.65. The second kappa shape index (κ2) is 10.2. The summed E-state index contributed by atoms with van der Waals surface area (Å²) >= 11 is 0. The Balaban J connectivity index is 0.00000400. The summed E-state index contributed by atoms with van der Waals surface area (Å²) < 4.78 is 10.8. The largest absolute Gasteiger partial charge is 0.459 e. The van der Waals surface area contributed by atoms with Crippen molar-refractivity contribution in [3.8, 4) is 0 Å². The molecule has 1 heterocycles. The minimum atomic E-state index is -0.476. The van der Waals surface area contributed by atoms with Crippen molar-refractivity contribution in [2.24, 2.45) is 4.99 Å². The van der Waals surface area contributed by atoms with Crippen LogP contribution in [0, 0.1) is 0 Å². The van der Waals surface area contributed by atoms with Crippen molar-refractivity contribution in [3.63, 3.8) is 0 Å². The number of carbonyl (C=O) groups is 1. The van der Waals surface area contributed by atoms with Gasteiger partial charge in [0.05, 0.1) is 6.10 Å². The van der Waals surface area contributed by atoms with Crippen LogP contribution in [0.25, 0.3) is 0 Å². The molecule has 0 aliphatic carbocycles. The minimum Gasteiger partial charge on any atom is -0.459 e. The van der Waals surface area contributed by atoms with Crippen LogP contribution in [0.4, 0.5) is 0 Å². The Labute approximate surface area is 144 Å². The molecule has 7 heteroatoms. The van der Waals surface area contributed by atoms with Crippen molar-refractivity contribution in [1.82, 2.24) is 10.6 Å². The molecule has 0 aromatic carbocycles. The monoisotopic (exact) mass is 413 g/mol. The van der Waals surface area contributed by atoms with Gasteiger partial charge >= 0.3 is 5.97 Å². The van der Waals surface area contributed by atoms with Crippen LogP contribution < -0.4 is 10.6 Å². The van der Waals surface area contributed by atoms with E-state index in [0.717, 1.165) is 26.0 Å². The van der Waals surface area contributed by atoms with Gasteiger partial charge in [0.25, 0.3) is 0 Å². The average molecular weight is 413 g/mol. The zero-order valence-corrected chi connectivity index (χ0v) is 15.7. The Morgan fingerprint density at radius 1 is 1.38 bits per heavy atom. The maximum Gasteiger partial charge on any atom is 0.328 e. The van der Waals surface area contributed by atoms with Gasteiger partial charge in [-0.1, -0.05) is 0 Å². The second-order valence-electron chi connectivity index (χ2n) is 5.80. The third-order valence-corrected chi connectivity index (χ3v) is 2.65. The van der Waals surface area contributed by atoms with Gasteiger partial charge in [0.2, 0.25) is 0 Å². The van der Waals surface area contributed by atoms with E-state index in [-0.39, 0.29) is 42.6 Å². The van der Waals surface area contributed by atoms with Gasteiger partial charge in [0.1, 0.15) is 12.1 Å². The topological polar surface area (TPSA) is 72.0 Å². The van der Waals surface area contributed by atoms with E-state index in [0.29, 0.717) is 12.5 Å². The zero-order chi connectivity index (χ0) is 15.0. The van der Waals surface area contributed by atoms with Crippen LogP contribution in [0.3, 0.4) is 0 Å². The minimum absolute atomic E-state index is 0. The number of esters is 1. The SMILES string of the molecule is CCNC(=NCC(=O)OC(C)(C)C)NCC1CCCO1.I. The molecular weight excluding hydrogens is 385 g/mol. The first-order chi connectivity index (χ1) is 9.40. The number of aliphatic imine (C=N–C) groups is 1. The van der Waals surface area contributed by atoms with E-state index in [1.165, 1.54) is 0 Å². The Kier molecular flexibility index (Phi) is 9.93. The number of guanidine groups is 1. The van der Waals surface area contributed by atoms with Gasteiger partial charge in [-0.25, -0.2) is 4.99 Å². The maximum absolute atomic E-state index is 11.6. The molecule has 2 N–H and O–H groups in total. The van der Waals surface area contributed by atoms with Crippen LogP contribution in [-0.2, 0) is 14.3 Å². The maximum atomic E-state index is 11.6. The highest BCUT2D eigenvalue weighted by Gasteiger charge is 2.17. The quantitative estimate of drug-likeness (QED) is 0.311. The molecule has 0 spiro atoms. The molecule has 0 aromatic heterocycles. The highest BCUT2D eigenvalue weighted by atomic mass is 127. The molecule has 0 saturated carbocycles. The Morgan fingerprint density at radius 3 is 2.62 bits per heavy atom. The van der Waals surface area contributed by atoms with E-state index in [4.69, 9.17) is 9.47 Å². The lowest BCUT2D eigenvalue weighted by Crippen LogP contribution is -2.41. The van der Waals surface area contributed by atoms with Gasteiger partial charge in [-0.15, -0.1) is 24.0 Å². The highest BCUT2D eigenvalue weighted by molar-refractivity contribution is 14.0. The zero-order valence-electron chi connectivity index (χ0n) is 13.4. The van der Waals surface area contributed by atoms with Crippen molar-refractivity contribution in [2.75, 3.05) is 26.2 Å². The van der Waals surface area contributed by atoms with Crippen molar-refractivity contribution >= 4 is 35.9 Å². The van der Waals surface area contributed by atoms with Crippen molar-refractivity contribution in [3.05, 3.63) is 0 Å². The summed E-state index contributed by atoms with van der Waals surface area (Å²) in [6.45, 7) is 9.80. The number of nitrogens with one attached hydrogen (secondary N) is 2. The molecule has 0 radical (unpaired) electrons. The van der Waals surface area contributed by atoms with Crippen molar-refractivity contribution in [1.29, 1.82) is 0 Å². The van der Waals surface area contributed by atoms with E-state index in [1.807, 2.05) is 27.7 Å². The lowest BCUT2D eigenvalue weighted by Gasteiger charge is -2.19. The Hall–Kier alpha value is -0.570. The first-order valence-electron chi connectivity index (χ1n) is 7.26. The molecule has 0 aromatic rings. The van der Waals surface area contributed by atoms with E-state index < -0.39 is 5.60 Å². The number of halogens is 1. The smallest absolute Gasteiger partial charge is 0.328 e. The molecule has 1 aliphatic rings. The first-order valence-corrected chi connectivity index (χ1v) is 7.26. The molecule has 6 nitrogen and oxygen atoms in total. The Bertz CT molecular complexity index is 337. The summed E-state index contributed by atoms with van der Waals surface area (Å²) in [7, 11) is 0. The van der Waals surface area contributed by atoms with E-state index in [1.54, 1.807) is 0 Å². The Morgan fingerprint density at radius 2 is 2.10 bits per heavy atom. The van der Waals surface area contributed by atoms with Crippen LogP contribution in [0.1, 0.15) is 40.5 Å². The lowest BCUT2D eigenvalue weighted by atomic mass is 10.2. The summed E-state index contributed by atoms with van der Waals surface area (Å²) in [4.78, 5) is 15.8. The van der Waals surface area contributed by atoms with Gasteiger partial charge in [0.15, 0.2) is 5.96 Å². The molecule has 0 bridgehead atoms. The van der Waals surface area contributed by atoms with E-state index in [9.17, 15) is 4.79 Å². The summed E-state index contributed by atoms with van der Waals surface area (Å²) in [5.41, 5.74) is -0.476. The summed E-state index contributed by atoms with van der Waals surface area (Å²) in [5, 5.41) is 6.29. The molecule has 1 fully saturated rings. The van der Waals surface area contributed by atoms with Gasteiger partial charge in [-0.05, 0) is 40.5 Å². The van der Waals surface area contributed by atoms with Gasteiger partial charge in [-0.3, -0.25) is 4.79 Å².